The van der Waals surface area contributed by atoms with Crippen molar-refractivity contribution in [1.82, 2.24) is 4.90 Å². The Balaban J connectivity index is 2.06. The van der Waals surface area contributed by atoms with E-state index in [4.69, 9.17) is 0 Å². The van der Waals surface area contributed by atoms with Gasteiger partial charge in [-0.25, -0.2) is 4.79 Å². The molecule has 0 radical (unpaired) electrons. The highest BCUT2D eigenvalue weighted by atomic mass is 19.1. The van der Waals surface area contributed by atoms with Crippen LogP contribution in [0.3, 0.4) is 0 Å². The Bertz CT molecular complexity index is 972. The number of rotatable bonds is 5. The van der Waals surface area contributed by atoms with Gasteiger partial charge in [0, 0.05) is 6.07 Å². The first-order valence-corrected chi connectivity index (χ1v) is 7.94. The smallest absolute Gasteiger partial charge is 0.332 e. The molecule has 2 aromatic carbocycles. The number of nitrogens with zero attached hydrogens (tertiary/aromatic N) is 2. The summed E-state index contributed by atoms with van der Waals surface area (Å²) in [4.78, 5) is 48.1. The molecule has 0 saturated carbocycles. The van der Waals surface area contributed by atoms with Gasteiger partial charge in [0.2, 0.25) is 5.82 Å². The SMILES string of the molecule is COC(=O)[C@H]([C@H](O)c1ccc(F)c([N+](=O)[O-])c1)N1C(=O)c2ccccc2C1=O. The summed E-state index contributed by atoms with van der Waals surface area (Å²) in [7, 11) is 0.993. The number of hydrogen-bond donors (Lipinski definition) is 1. The van der Waals surface area contributed by atoms with Crippen molar-refractivity contribution < 1.29 is 33.5 Å². The lowest BCUT2D eigenvalue weighted by molar-refractivity contribution is -0.387. The number of aliphatic hydroxyl groups is 1. The van der Waals surface area contributed by atoms with Crippen LogP contribution in [-0.2, 0) is 9.53 Å². The van der Waals surface area contributed by atoms with Crippen molar-refractivity contribution in [3.63, 3.8) is 0 Å². The van der Waals surface area contributed by atoms with Crippen molar-refractivity contribution in [3.8, 4) is 0 Å². The quantitative estimate of drug-likeness (QED) is 0.357. The molecule has 10 heteroatoms. The van der Waals surface area contributed by atoms with Gasteiger partial charge in [-0.15, -0.1) is 0 Å². The predicted molar refractivity (Wildman–Crippen MR) is 90.8 cm³/mol. The van der Waals surface area contributed by atoms with Gasteiger partial charge in [-0.05, 0) is 23.8 Å². The van der Waals surface area contributed by atoms with Crippen molar-refractivity contribution in [2.45, 2.75) is 12.1 Å². The first-order chi connectivity index (χ1) is 13.3. The van der Waals surface area contributed by atoms with Gasteiger partial charge in [0.25, 0.3) is 11.8 Å². The van der Waals surface area contributed by atoms with Crippen LogP contribution in [0.15, 0.2) is 42.5 Å². The molecule has 9 nitrogen and oxygen atoms in total. The van der Waals surface area contributed by atoms with Crippen molar-refractivity contribution in [1.29, 1.82) is 0 Å². The number of aliphatic hydroxyl groups excluding tert-OH is 1. The number of nitro benzene ring substituents is 1. The van der Waals surface area contributed by atoms with E-state index in [1.54, 1.807) is 0 Å². The standard InChI is InChI=1S/C18H13FN2O7/c1-28-18(25)14(15(22)9-6-7-12(19)13(8-9)21(26)27)20-16(23)10-4-2-3-5-11(10)17(20)24/h2-8,14-15,22H,1H3/t14-,15+/m0/s1. The third kappa shape index (κ3) is 2.99. The number of benzene rings is 2. The molecule has 0 spiro atoms. The maximum atomic E-state index is 13.6. The predicted octanol–water partition coefficient (Wildman–Crippen LogP) is 1.61. The summed E-state index contributed by atoms with van der Waals surface area (Å²) in [5.41, 5.74) is -1.08. The van der Waals surface area contributed by atoms with Crippen LogP contribution in [0.4, 0.5) is 10.1 Å². The Morgan fingerprint density at radius 2 is 1.75 bits per heavy atom. The number of imide groups is 1. The molecule has 0 saturated heterocycles. The highest BCUT2D eigenvalue weighted by Crippen LogP contribution is 2.32. The molecule has 1 N–H and O–H groups in total. The third-order valence-corrected chi connectivity index (χ3v) is 4.35. The van der Waals surface area contributed by atoms with E-state index < -0.39 is 46.4 Å². The minimum absolute atomic E-state index is 0.0405. The van der Waals surface area contributed by atoms with Crippen LogP contribution < -0.4 is 0 Å². The molecule has 3 rings (SSSR count). The molecule has 144 valence electrons. The van der Waals surface area contributed by atoms with Crippen LogP contribution in [0, 0.1) is 15.9 Å². The lowest BCUT2D eigenvalue weighted by Gasteiger charge is -2.28. The molecule has 1 aliphatic rings. The van der Waals surface area contributed by atoms with Crippen LogP contribution in [-0.4, -0.2) is 45.9 Å². The molecule has 0 aliphatic carbocycles. The summed E-state index contributed by atoms with van der Waals surface area (Å²) in [5.74, 6) is -3.91. The minimum atomic E-state index is -1.88. The van der Waals surface area contributed by atoms with Crippen LogP contribution in [0.1, 0.15) is 32.4 Å². The van der Waals surface area contributed by atoms with Crippen LogP contribution >= 0.6 is 0 Å². The lowest BCUT2D eigenvalue weighted by atomic mass is 10.00. The fraction of sp³-hybridized carbons (Fsp3) is 0.167. The number of methoxy groups -OCH3 is 1. The monoisotopic (exact) mass is 388 g/mol. The Hall–Kier alpha value is -3.66. The molecule has 1 aliphatic heterocycles. The number of amides is 2. The minimum Gasteiger partial charge on any atom is -0.467 e. The van der Waals surface area contributed by atoms with E-state index in [1.165, 1.54) is 24.3 Å². The number of fused-ring (bicyclic) bond motifs is 1. The summed E-state index contributed by atoms with van der Waals surface area (Å²) in [5, 5.41) is 21.6. The van der Waals surface area contributed by atoms with Gasteiger partial charge in [0.15, 0.2) is 6.04 Å². The van der Waals surface area contributed by atoms with Gasteiger partial charge < -0.3 is 9.84 Å². The number of carbonyl (C=O) groups excluding carboxylic acids is 3. The molecule has 1 heterocycles. The average molecular weight is 388 g/mol. The second-order valence-corrected chi connectivity index (χ2v) is 5.91. The first-order valence-electron chi connectivity index (χ1n) is 7.94. The number of esters is 1. The van der Waals surface area contributed by atoms with Crippen molar-refractivity contribution in [2.75, 3.05) is 7.11 Å². The normalized spacial score (nSPS) is 15.2. The number of nitro groups is 1. The zero-order valence-corrected chi connectivity index (χ0v) is 14.4. The summed E-state index contributed by atoms with van der Waals surface area (Å²) in [6.45, 7) is 0. The Morgan fingerprint density at radius 1 is 1.18 bits per heavy atom. The maximum absolute atomic E-state index is 13.6. The van der Waals surface area contributed by atoms with E-state index >= 15 is 0 Å². The van der Waals surface area contributed by atoms with Gasteiger partial charge in [-0.1, -0.05) is 18.2 Å². The van der Waals surface area contributed by atoms with E-state index in [0.717, 1.165) is 25.3 Å². The second kappa shape index (κ2) is 7.16. The second-order valence-electron chi connectivity index (χ2n) is 5.91. The molecule has 2 aromatic rings. The number of hydrogen-bond acceptors (Lipinski definition) is 7. The largest absolute Gasteiger partial charge is 0.467 e. The van der Waals surface area contributed by atoms with Crippen LogP contribution in [0.5, 0.6) is 0 Å². The summed E-state index contributed by atoms with van der Waals surface area (Å²) >= 11 is 0. The third-order valence-electron chi connectivity index (χ3n) is 4.35. The Morgan fingerprint density at radius 3 is 2.25 bits per heavy atom. The van der Waals surface area contributed by atoms with Gasteiger partial charge in [0.05, 0.1) is 23.2 Å². The van der Waals surface area contributed by atoms with Gasteiger partial charge in [-0.2, -0.15) is 4.39 Å². The molecule has 2 atom stereocenters. The highest BCUT2D eigenvalue weighted by Gasteiger charge is 2.47. The van der Waals surface area contributed by atoms with Crippen molar-refractivity contribution in [3.05, 3.63) is 75.1 Å². The molecule has 0 aromatic heterocycles. The van der Waals surface area contributed by atoms with Gasteiger partial charge in [0.1, 0.15) is 6.10 Å². The average Bonchev–Trinajstić information content (AvgIpc) is 2.93. The molecular formula is C18H13FN2O7. The fourth-order valence-corrected chi connectivity index (χ4v) is 2.99. The summed E-state index contributed by atoms with van der Waals surface area (Å²) < 4.78 is 18.2. The zero-order valence-electron chi connectivity index (χ0n) is 14.4. The van der Waals surface area contributed by atoms with E-state index in [2.05, 4.69) is 4.74 Å². The van der Waals surface area contributed by atoms with E-state index in [9.17, 15) is 34.0 Å². The first kappa shape index (κ1) is 19.1. The van der Waals surface area contributed by atoms with E-state index in [1.807, 2.05) is 0 Å². The number of carbonyl (C=O) groups is 3. The van der Waals surface area contributed by atoms with E-state index in [0.29, 0.717) is 4.90 Å². The van der Waals surface area contributed by atoms with Crippen molar-refractivity contribution >= 4 is 23.5 Å². The van der Waals surface area contributed by atoms with Crippen molar-refractivity contribution in [2.24, 2.45) is 0 Å². The zero-order chi connectivity index (χ0) is 20.6. The fourth-order valence-electron chi connectivity index (χ4n) is 2.99. The Kier molecular flexibility index (Phi) is 4.89. The van der Waals surface area contributed by atoms with Crippen LogP contribution in [0.2, 0.25) is 0 Å². The highest BCUT2D eigenvalue weighted by molar-refractivity contribution is 6.22. The molecular weight excluding hydrogens is 375 g/mol. The number of halogens is 1. The van der Waals surface area contributed by atoms with Gasteiger partial charge >= 0.3 is 11.7 Å². The summed E-state index contributed by atoms with van der Waals surface area (Å²) in [6, 6.07) is 6.50. The van der Waals surface area contributed by atoms with Gasteiger partial charge in [-0.3, -0.25) is 24.6 Å². The lowest BCUT2D eigenvalue weighted by Crippen LogP contribution is -2.49. The molecule has 2 amide bonds. The van der Waals surface area contributed by atoms with Crippen LogP contribution in [0.25, 0.3) is 0 Å². The molecule has 0 unspecified atom stereocenters. The maximum Gasteiger partial charge on any atom is 0.332 e. The number of ether oxygens (including phenoxy) is 1. The molecule has 0 fully saturated rings. The Labute approximate surface area is 157 Å². The molecule has 28 heavy (non-hydrogen) atoms. The van der Waals surface area contributed by atoms with E-state index in [-0.39, 0.29) is 16.7 Å². The summed E-state index contributed by atoms with van der Waals surface area (Å²) in [6.07, 6.45) is -1.88. The topological polar surface area (TPSA) is 127 Å². The molecule has 0 bridgehead atoms.